The summed E-state index contributed by atoms with van der Waals surface area (Å²) in [6, 6.07) is 13.9. The molecule has 0 aliphatic heterocycles. The number of amides is 2. The Kier molecular flexibility index (Phi) is 5.98. The van der Waals surface area contributed by atoms with Crippen molar-refractivity contribution in [3.63, 3.8) is 0 Å². The molecule has 2 aromatic rings. The van der Waals surface area contributed by atoms with Crippen molar-refractivity contribution in [3.05, 3.63) is 69.2 Å². The van der Waals surface area contributed by atoms with Gasteiger partial charge >= 0.3 is 0 Å². The van der Waals surface area contributed by atoms with E-state index in [0.29, 0.717) is 29.2 Å². The Hall–Kier alpha value is -1.85. The Morgan fingerprint density at radius 3 is 2.14 bits per heavy atom. The summed E-state index contributed by atoms with van der Waals surface area (Å²) in [5.41, 5.74) is 0.990. The highest BCUT2D eigenvalue weighted by Crippen LogP contribution is 2.14. The Morgan fingerprint density at radius 1 is 0.909 bits per heavy atom. The lowest BCUT2D eigenvalue weighted by Gasteiger charge is -2.08. The van der Waals surface area contributed by atoms with E-state index < -0.39 is 0 Å². The van der Waals surface area contributed by atoms with Gasteiger partial charge in [0.15, 0.2) is 0 Å². The van der Waals surface area contributed by atoms with Crippen LogP contribution in [0.15, 0.2) is 53.0 Å². The molecule has 2 amide bonds. The molecule has 0 saturated carbocycles. The van der Waals surface area contributed by atoms with E-state index >= 15 is 0 Å². The average molecular weight is 382 g/mol. The maximum atomic E-state index is 11.9. The predicted molar refractivity (Wildman–Crippen MR) is 90.3 cm³/mol. The van der Waals surface area contributed by atoms with Crippen molar-refractivity contribution in [1.29, 1.82) is 0 Å². The summed E-state index contributed by atoms with van der Waals surface area (Å²) in [7, 11) is 0. The molecule has 0 unspecified atom stereocenters. The Labute approximate surface area is 142 Å². The first-order chi connectivity index (χ1) is 10.6. The Balaban J connectivity index is 1.77. The summed E-state index contributed by atoms with van der Waals surface area (Å²) in [6.45, 7) is 0.664. The lowest BCUT2D eigenvalue weighted by atomic mass is 10.2. The normalized spacial score (nSPS) is 10.1. The van der Waals surface area contributed by atoms with Crippen LogP contribution in [0.25, 0.3) is 0 Å². The largest absolute Gasteiger partial charge is 0.350 e. The topological polar surface area (TPSA) is 58.2 Å². The van der Waals surface area contributed by atoms with E-state index in [1.807, 2.05) is 0 Å². The summed E-state index contributed by atoms with van der Waals surface area (Å²) < 4.78 is 0.913. The third-order valence-electron chi connectivity index (χ3n) is 2.92. The van der Waals surface area contributed by atoms with E-state index in [1.165, 1.54) is 0 Å². The second-order valence-electron chi connectivity index (χ2n) is 4.50. The number of carbonyl (C=O) groups excluding carboxylic acids is 2. The van der Waals surface area contributed by atoms with Crippen molar-refractivity contribution in [1.82, 2.24) is 10.6 Å². The fraction of sp³-hybridized carbons (Fsp3) is 0.125. The number of carbonyl (C=O) groups is 2. The van der Waals surface area contributed by atoms with E-state index in [0.717, 1.165) is 4.47 Å². The van der Waals surface area contributed by atoms with Gasteiger partial charge in [0.1, 0.15) is 0 Å². The van der Waals surface area contributed by atoms with Gasteiger partial charge in [-0.1, -0.05) is 39.7 Å². The molecule has 0 fully saturated rings. The van der Waals surface area contributed by atoms with Crippen molar-refractivity contribution in [3.8, 4) is 0 Å². The van der Waals surface area contributed by atoms with Gasteiger partial charge in [-0.2, -0.15) is 0 Å². The quantitative estimate of drug-likeness (QED) is 0.781. The molecular formula is C16H14BrClN2O2. The number of nitrogens with one attached hydrogen (secondary N) is 2. The van der Waals surface area contributed by atoms with Crippen LogP contribution in [0.1, 0.15) is 20.7 Å². The zero-order valence-electron chi connectivity index (χ0n) is 11.6. The van der Waals surface area contributed by atoms with E-state index in [4.69, 9.17) is 11.6 Å². The van der Waals surface area contributed by atoms with Crippen molar-refractivity contribution < 1.29 is 9.59 Å². The first-order valence-electron chi connectivity index (χ1n) is 6.64. The molecule has 114 valence electrons. The van der Waals surface area contributed by atoms with Crippen LogP contribution < -0.4 is 10.6 Å². The van der Waals surface area contributed by atoms with Crippen LogP contribution in [0.4, 0.5) is 0 Å². The summed E-state index contributed by atoms with van der Waals surface area (Å²) in [5.74, 6) is -0.442. The standard InChI is InChI=1S/C16H14BrClN2O2/c17-12-7-5-11(6-8-12)15(21)19-9-10-20-16(22)13-3-1-2-4-14(13)18/h1-8H,9-10H2,(H,19,21)(H,20,22). The SMILES string of the molecule is O=C(NCCNC(=O)c1ccccc1Cl)c1ccc(Br)cc1. The van der Waals surface area contributed by atoms with E-state index in [-0.39, 0.29) is 11.8 Å². The number of hydrogen-bond donors (Lipinski definition) is 2. The third-order valence-corrected chi connectivity index (χ3v) is 3.78. The van der Waals surface area contributed by atoms with Gasteiger partial charge < -0.3 is 10.6 Å². The van der Waals surface area contributed by atoms with Crippen LogP contribution >= 0.6 is 27.5 Å². The third kappa shape index (κ3) is 4.58. The molecule has 0 saturated heterocycles. The van der Waals surface area contributed by atoms with Crippen LogP contribution in [0.2, 0.25) is 5.02 Å². The summed E-state index contributed by atoms with van der Waals surface area (Å²) in [5, 5.41) is 5.85. The van der Waals surface area contributed by atoms with Crippen molar-refractivity contribution in [2.24, 2.45) is 0 Å². The molecular weight excluding hydrogens is 368 g/mol. The molecule has 0 heterocycles. The number of benzene rings is 2. The highest BCUT2D eigenvalue weighted by molar-refractivity contribution is 9.10. The molecule has 2 N–H and O–H groups in total. The van der Waals surface area contributed by atoms with Crippen LogP contribution in [0, 0.1) is 0 Å². The fourth-order valence-electron chi connectivity index (χ4n) is 1.80. The van der Waals surface area contributed by atoms with Crippen LogP contribution in [-0.4, -0.2) is 24.9 Å². The molecule has 0 radical (unpaired) electrons. The smallest absolute Gasteiger partial charge is 0.252 e. The molecule has 4 nitrogen and oxygen atoms in total. The van der Waals surface area contributed by atoms with Gasteiger partial charge in [0, 0.05) is 23.1 Å². The van der Waals surface area contributed by atoms with E-state index in [9.17, 15) is 9.59 Å². The first kappa shape index (κ1) is 16.5. The molecule has 2 rings (SSSR count). The maximum Gasteiger partial charge on any atom is 0.252 e. The van der Waals surface area contributed by atoms with E-state index in [2.05, 4.69) is 26.6 Å². The van der Waals surface area contributed by atoms with Crippen molar-refractivity contribution in [2.75, 3.05) is 13.1 Å². The number of rotatable bonds is 5. The monoisotopic (exact) mass is 380 g/mol. The summed E-state index contributed by atoms with van der Waals surface area (Å²) in [6.07, 6.45) is 0. The second kappa shape index (κ2) is 7.96. The molecule has 6 heteroatoms. The number of hydrogen-bond acceptors (Lipinski definition) is 2. The van der Waals surface area contributed by atoms with Crippen molar-refractivity contribution >= 4 is 39.3 Å². The molecule has 0 aliphatic carbocycles. The first-order valence-corrected chi connectivity index (χ1v) is 7.81. The molecule has 0 atom stereocenters. The van der Waals surface area contributed by atoms with Gasteiger partial charge in [0.2, 0.25) is 0 Å². The predicted octanol–water partition coefficient (Wildman–Crippen LogP) is 3.26. The van der Waals surface area contributed by atoms with Crippen LogP contribution in [0.5, 0.6) is 0 Å². The molecule has 0 aliphatic rings. The van der Waals surface area contributed by atoms with Gasteiger partial charge in [-0.15, -0.1) is 0 Å². The van der Waals surface area contributed by atoms with Crippen molar-refractivity contribution in [2.45, 2.75) is 0 Å². The second-order valence-corrected chi connectivity index (χ2v) is 5.82. The van der Waals surface area contributed by atoms with Gasteiger partial charge in [0.25, 0.3) is 11.8 Å². The summed E-state index contributed by atoms with van der Waals surface area (Å²) in [4.78, 5) is 23.8. The van der Waals surface area contributed by atoms with E-state index in [1.54, 1.807) is 48.5 Å². The fourth-order valence-corrected chi connectivity index (χ4v) is 2.28. The summed E-state index contributed by atoms with van der Waals surface area (Å²) >= 11 is 9.25. The minimum Gasteiger partial charge on any atom is -0.350 e. The zero-order valence-corrected chi connectivity index (χ0v) is 13.9. The molecule has 22 heavy (non-hydrogen) atoms. The minimum absolute atomic E-state index is 0.181. The highest BCUT2D eigenvalue weighted by atomic mass is 79.9. The zero-order chi connectivity index (χ0) is 15.9. The lowest BCUT2D eigenvalue weighted by Crippen LogP contribution is -2.34. The highest BCUT2D eigenvalue weighted by Gasteiger charge is 2.09. The van der Waals surface area contributed by atoms with Gasteiger partial charge in [-0.3, -0.25) is 9.59 Å². The van der Waals surface area contributed by atoms with Gasteiger partial charge in [-0.05, 0) is 36.4 Å². The molecule has 0 bridgehead atoms. The Morgan fingerprint density at radius 2 is 1.50 bits per heavy atom. The van der Waals surface area contributed by atoms with Crippen LogP contribution in [0.3, 0.4) is 0 Å². The van der Waals surface area contributed by atoms with Gasteiger partial charge in [0.05, 0.1) is 10.6 Å². The molecule has 0 aromatic heterocycles. The molecule has 2 aromatic carbocycles. The lowest BCUT2D eigenvalue weighted by molar-refractivity contribution is 0.0927. The van der Waals surface area contributed by atoms with Crippen LogP contribution in [-0.2, 0) is 0 Å². The minimum atomic E-state index is -0.261. The molecule has 0 spiro atoms. The Bertz CT molecular complexity index is 674. The average Bonchev–Trinajstić information content (AvgIpc) is 2.52. The van der Waals surface area contributed by atoms with Gasteiger partial charge in [-0.25, -0.2) is 0 Å². The maximum absolute atomic E-state index is 11.9. The number of halogens is 2.